The van der Waals surface area contributed by atoms with Crippen LogP contribution in [0.4, 0.5) is 18.9 Å². The van der Waals surface area contributed by atoms with Crippen LogP contribution in [0, 0.1) is 12.3 Å². The summed E-state index contributed by atoms with van der Waals surface area (Å²) in [6, 6.07) is 3.70. The average Bonchev–Trinajstić information content (AvgIpc) is 2.30. The number of carbonyl (C=O) groups is 1. The fourth-order valence-corrected chi connectivity index (χ4v) is 1.40. The molecule has 3 N–H and O–H groups in total. The van der Waals surface area contributed by atoms with Gasteiger partial charge >= 0.3 is 6.18 Å². The lowest BCUT2D eigenvalue weighted by molar-refractivity contribution is -0.138. The van der Waals surface area contributed by atoms with E-state index in [1.54, 1.807) is 13.8 Å². The number of benzene rings is 1. The topological polar surface area (TPSA) is 55.1 Å². The molecule has 0 spiro atoms. The molecular formula is C13H18ClF3N2O. The van der Waals surface area contributed by atoms with Gasteiger partial charge in [-0.15, -0.1) is 12.4 Å². The minimum Gasteiger partial charge on any atom is -0.329 e. The van der Waals surface area contributed by atoms with Crippen molar-refractivity contribution in [1.29, 1.82) is 0 Å². The fraction of sp³-hybridized carbons (Fsp3) is 0.462. The smallest absolute Gasteiger partial charge is 0.329 e. The number of nitrogens with two attached hydrogens (primary N) is 1. The van der Waals surface area contributed by atoms with Crippen LogP contribution in [0.5, 0.6) is 0 Å². The Morgan fingerprint density at radius 2 is 1.85 bits per heavy atom. The van der Waals surface area contributed by atoms with Crippen molar-refractivity contribution in [1.82, 2.24) is 0 Å². The molecule has 1 amide bonds. The van der Waals surface area contributed by atoms with Gasteiger partial charge in [0.1, 0.15) is 0 Å². The normalized spacial score (nSPS) is 11.8. The molecule has 0 fully saturated rings. The number of halogens is 4. The predicted molar refractivity (Wildman–Crippen MR) is 74.9 cm³/mol. The van der Waals surface area contributed by atoms with Crippen molar-refractivity contribution >= 4 is 24.0 Å². The summed E-state index contributed by atoms with van der Waals surface area (Å²) in [7, 11) is 0. The molecule has 0 saturated carbocycles. The van der Waals surface area contributed by atoms with Crippen LogP contribution in [-0.2, 0) is 11.0 Å². The molecule has 7 heteroatoms. The summed E-state index contributed by atoms with van der Waals surface area (Å²) >= 11 is 0. The molecule has 0 atom stereocenters. The van der Waals surface area contributed by atoms with Crippen LogP contribution in [-0.4, -0.2) is 12.5 Å². The minimum atomic E-state index is -4.44. The number of rotatable bonds is 3. The van der Waals surface area contributed by atoms with Gasteiger partial charge in [0, 0.05) is 12.2 Å². The van der Waals surface area contributed by atoms with E-state index >= 15 is 0 Å². The highest BCUT2D eigenvalue weighted by Crippen LogP contribution is 2.33. The van der Waals surface area contributed by atoms with Crippen molar-refractivity contribution < 1.29 is 18.0 Å². The van der Waals surface area contributed by atoms with Gasteiger partial charge in [0.2, 0.25) is 5.91 Å². The molecule has 114 valence electrons. The van der Waals surface area contributed by atoms with E-state index in [9.17, 15) is 18.0 Å². The first-order valence-electron chi connectivity index (χ1n) is 5.77. The van der Waals surface area contributed by atoms with Crippen molar-refractivity contribution in [2.75, 3.05) is 11.9 Å². The van der Waals surface area contributed by atoms with Gasteiger partial charge in [-0.1, -0.05) is 6.07 Å². The van der Waals surface area contributed by atoms with E-state index in [1.807, 2.05) is 0 Å². The Hall–Kier alpha value is -1.27. The van der Waals surface area contributed by atoms with E-state index in [0.717, 1.165) is 6.07 Å². The molecule has 3 nitrogen and oxygen atoms in total. The second-order valence-corrected chi connectivity index (χ2v) is 5.07. The van der Waals surface area contributed by atoms with Crippen LogP contribution >= 0.6 is 12.4 Å². The van der Waals surface area contributed by atoms with Crippen LogP contribution in [0.2, 0.25) is 0 Å². The van der Waals surface area contributed by atoms with Gasteiger partial charge in [-0.25, -0.2) is 0 Å². The molecule has 0 bridgehead atoms. The predicted octanol–water partition coefficient (Wildman–Crippen LogP) is 3.36. The lowest BCUT2D eigenvalue weighted by Gasteiger charge is -2.21. The zero-order valence-corrected chi connectivity index (χ0v) is 12.3. The Balaban J connectivity index is 0.00000361. The van der Waals surface area contributed by atoms with Crippen molar-refractivity contribution in [3.8, 4) is 0 Å². The van der Waals surface area contributed by atoms with Crippen molar-refractivity contribution in [2.45, 2.75) is 26.9 Å². The van der Waals surface area contributed by atoms with Crippen LogP contribution in [0.1, 0.15) is 25.0 Å². The molecule has 0 unspecified atom stereocenters. The number of anilines is 1. The van der Waals surface area contributed by atoms with Crippen LogP contribution < -0.4 is 11.1 Å². The van der Waals surface area contributed by atoms with Gasteiger partial charge in [0.25, 0.3) is 0 Å². The maximum atomic E-state index is 12.7. The van der Waals surface area contributed by atoms with E-state index < -0.39 is 23.1 Å². The molecule has 20 heavy (non-hydrogen) atoms. The van der Waals surface area contributed by atoms with Crippen molar-refractivity contribution in [2.24, 2.45) is 11.1 Å². The zero-order valence-electron chi connectivity index (χ0n) is 11.5. The largest absolute Gasteiger partial charge is 0.416 e. The van der Waals surface area contributed by atoms with Crippen molar-refractivity contribution in [3.05, 3.63) is 29.3 Å². The number of nitrogens with one attached hydrogen (secondary N) is 1. The fourth-order valence-electron chi connectivity index (χ4n) is 1.40. The molecule has 0 aliphatic heterocycles. The van der Waals surface area contributed by atoms with Crippen LogP contribution in [0.15, 0.2) is 18.2 Å². The molecule has 0 aliphatic carbocycles. The second kappa shape index (κ2) is 6.45. The van der Waals surface area contributed by atoms with Crippen LogP contribution in [0.25, 0.3) is 0 Å². The molecule has 1 aromatic rings. The Labute approximate surface area is 122 Å². The summed E-state index contributed by atoms with van der Waals surface area (Å²) in [5.74, 6) is -0.410. The molecule has 0 saturated heterocycles. The number of carbonyl (C=O) groups excluding carboxylic acids is 1. The first-order chi connectivity index (χ1) is 8.58. The Bertz CT molecular complexity index is 487. The molecule has 1 rings (SSSR count). The highest BCUT2D eigenvalue weighted by molar-refractivity contribution is 5.95. The number of aryl methyl sites for hydroxylation is 1. The molecule has 0 aromatic heterocycles. The highest BCUT2D eigenvalue weighted by atomic mass is 35.5. The van der Waals surface area contributed by atoms with Gasteiger partial charge < -0.3 is 11.1 Å². The molecule has 0 aliphatic rings. The summed E-state index contributed by atoms with van der Waals surface area (Å²) in [6.45, 7) is 4.73. The lowest BCUT2D eigenvalue weighted by Crippen LogP contribution is -2.37. The Morgan fingerprint density at radius 1 is 1.30 bits per heavy atom. The van der Waals surface area contributed by atoms with E-state index in [0.29, 0.717) is 0 Å². The van der Waals surface area contributed by atoms with Gasteiger partial charge in [0.15, 0.2) is 0 Å². The van der Waals surface area contributed by atoms with Gasteiger partial charge in [0.05, 0.1) is 11.0 Å². The average molecular weight is 311 g/mol. The van der Waals surface area contributed by atoms with E-state index in [2.05, 4.69) is 5.32 Å². The second-order valence-electron chi connectivity index (χ2n) is 5.07. The molecule has 0 radical (unpaired) electrons. The van der Waals surface area contributed by atoms with Crippen LogP contribution in [0.3, 0.4) is 0 Å². The number of hydrogen-bond acceptors (Lipinski definition) is 2. The standard InChI is InChI=1S/C13H17F3N2O.ClH/c1-8-4-5-9(6-10(8)13(14,15)16)18-11(19)12(2,3)7-17;/h4-6H,7,17H2,1-3H3,(H,18,19);1H. The lowest BCUT2D eigenvalue weighted by atomic mass is 9.92. The van der Waals surface area contributed by atoms with Gasteiger partial charge in [-0.2, -0.15) is 13.2 Å². The maximum Gasteiger partial charge on any atom is 0.416 e. The monoisotopic (exact) mass is 310 g/mol. The first kappa shape index (κ1) is 18.7. The third-order valence-electron chi connectivity index (χ3n) is 2.93. The van der Waals surface area contributed by atoms with E-state index in [4.69, 9.17) is 5.73 Å². The van der Waals surface area contributed by atoms with Gasteiger partial charge in [-0.3, -0.25) is 4.79 Å². The minimum absolute atomic E-state index is 0. The molecular weight excluding hydrogens is 293 g/mol. The number of alkyl halides is 3. The molecule has 0 heterocycles. The summed E-state index contributed by atoms with van der Waals surface area (Å²) < 4.78 is 38.2. The van der Waals surface area contributed by atoms with E-state index in [1.165, 1.54) is 19.1 Å². The Morgan fingerprint density at radius 3 is 2.30 bits per heavy atom. The third kappa shape index (κ3) is 4.38. The highest BCUT2D eigenvalue weighted by Gasteiger charge is 2.33. The molecule has 1 aromatic carbocycles. The summed E-state index contributed by atoms with van der Waals surface area (Å²) in [6.07, 6.45) is -4.44. The third-order valence-corrected chi connectivity index (χ3v) is 2.93. The SMILES string of the molecule is Cc1ccc(NC(=O)C(C)(C)CN)cc1C(F)(F)F.Cl. The zero-order chi connectivity index (χ0) is 14.8. The number of amides is 1. The Kier molecular flexibility index (Phi) is 6.04. The first-order valence-corrected chi connectivity index (χ1v) is 5.77. The van der Waals surface area contributed by atoms with Crippen molar-refractivity contribution in [3.63, 3.8) is 0 Å². The maximum absolute atomic E-state index is 12.7. The van der Waals surface area contributed by atoms with E-state index in [-0.39, 0.29) is 30.2 Å². The van der Waals surface area contributed by atoms with Gasteiger partial charge in [-0.05, 0) is 38.5 Å². The number of hydrogen-bond donors (Lipinski definition) is 2. The summed E-state index contributed by atoms with van der Waals surface area (Å²) in [4.78, 5) is 11.8. The quantitative estimate of drug-likeness (QED) is 0.899. The summed E-state index contributed by atoms with van der Waals surface area (Å²) in [5, 5.41) is 2.45. The summed E-state index contributed by atoms with van der Waals surface area (Å²) in [5.41, 5.74) is 4.09.